The largest absolute Gasteiger partial charge is 0.340 e. The van der Waals surface area contributed by atoms with Gasteiger partial charge in [-0.15, -0.1) is 4.48 Å². The number of anilines is 2. The van der Waals surface area contributed by atoms with Crippen molar-refractivity contribution in [3.63, 3.8) is 0 Å². The van der Waals surface area contributed by atoms with Crippen molar-refractivity contribution in [1.29, 1.82) is 0 Å². The van der Waals surface area contributed by atoms with Crippen molar-refractivity contribution in [1.82, 2.24) is 24.6 Å². The monoisotopic (exact) mass is 513 g/mol. The van der Waals surface area contributed by atoms with Crippen LogP contribution in [0.25, 0.3) is 11.2 Å². The average Bonchev–Trinajstić information content (AvgIpc) is 3.04. The van der Waals surface area contributed by atoms with Crippen molar-refractivity contribution >= 4 is 85.7 Å². The van der Waals surface area contributed by atoms with E-state index in [1.807, 2.05) is 0 Å². The van der Waals surface area contributed by atoms with E-state index in [-0.39, 0.29) is 27.4 Å². The molecule has 0 saturated carbocycles. The molecule has 1 atom stereocenters. The predicted octanol–water partition coefficient (Wildman–Crippen LogP) is 5.11. The van der Waals surface area contributed by atoms with Crippen molar-refractivity contribution in [2.75, 3.05) is 5.32 Å². The van der Waals surface area contributed by atoms with Gasteiger partial charge in [-0.3, -0.25) is 10.1 Å². The van der Waals surface area contributed by atoms with Gasteiger partial charge in [0.25, 0.3) is 15.1 Å². The SMILES string of the molecule is O=[N+]([O-])SC(Br)(Sc1nc(Nc2ccccc2Cl)c2[nH]cnc2n1)N(F)Cl. The van der Waals surface area contributed by atoms with Crippen LogP contribution in [-0.4, -0.2) is 32.0 Å². The van der Waals surface area contributed by atoms with E-state index >= 15 is 0 Å². The number of alkyl halides is 1. The van der Waals surface area contributed by atoms with Crippen molar-refractivity contribution < 1.29 is 8.81 Å². The summed E-state index contributed by atoms with van der Waals surface area (Å²) >= 11 is 15.0. The van der Waals surface area contributed by atoms with Crippen LogP contribution in [0.15, 0.2) is 35.7 Å². The zero-order valence-corrected chi connectivity index (χ0v) is 17.5. The number of halogens is 4. The van der Waals surface area contributed by atoms with Gasteiger partial charge in [-0.05, 0) is 44.5 Å². The fourth-order valence-electron chi connectivity index (χ4n) is 1.93. The van der Waals surface area contributed by atoms with Crippen LogP contribution in [0, 0.1) is 10.1 Å². The van der Waals surface area contributed by atoms with Gasteiger partial charge in [0.15, 0.2) is 16.6 Å². The highest BCUT2D eigenvalue weighted by molar-refractivity contribution is 9.13. The molecule has 0 aliphatic rings. The van der Waals surface area contributed by atoms with Crippen LogP contribution in [0.3, 0.4) is 0 Å². The second kappa shape index (κ2) is 8.32. The number of rotatable bonds is 7. The number of benzene rings is 1. The summed E-state index contributed by atoms with van der Waals surface area (Å²) < 4.78 is 10.5. The molecule has 1 aromatic carbocycles. The quantitative estimate of drug-likeness (QED) is 0.0510. The molecule has 9 nitrogen and oxygen atoms in total. The molecule has 0 saturated heterocycles. The summed E-state index contributed by atoms with van der Waals surface area (Å²) in [5.41, 5.74) is 1.31. The molecule has 0 fully saturated rings. The molecule has 0 aliphatic heterocycles. The maximum atomic E-state index is 13.6. The fourth-order valence-corrected chi connectivity index (χ4v) is 4.46. The minimum absolute atomic E-state index is 0.00437. The highest BCUT2D eigenvalue weighted by Gasteiger charge is 2.46. The molecule has 0 bridgehead atoms. The smallest absolute Gasteiger partial charge is 0.289 e. The molecule has 142 valence electrons. The molecular weight excluding hydrogens is 508 g/mol. The van der Waals surface area contributed by atoms with Crippen molar-refractivity contribution in [2.24, 2.45) is 0 Å². The Hall–Kier alpha value is -1.38. The Morgan fingerprint density at radius 1 is 1.41 bits per heavy atom. The van der Waals surface area contributed by atoms with Crippen LogP contribution in [-0.2, 0) is 0 Å². The van der Waals surface area contributed by atoms with Gasteiger partial charge in [0.05, 0.1) is 17.0 Å². The van der Waals surface area contributed by atoms with E-state index in [1.165, 1.54) is 6.33 Å². The molecule has 0 aliphatic carbocycles. The Morgan fingerprint density at radius 3 is 2.81 bits per heavy atom. The van der Waals surface area contributed by atoms with Gasteiger partial charge in [-0.1, -0.05) is 23.7 Å². The van der Waals surface area contributed by atoms with E-state index in [9.17, 15) is 14.6 Å². The number of aromatic amines is 1. The van der Waals surface area contributed by atoms with Gasteiger partial charge in [-0.25, -0.2) is 15.0 Å². The van der Waals surface area contributed by atoms with Crippen LogP contribution in [0.5, 0.6) is 0 Å². The summed E-state index contributed by atoms with van der Waals surface area (Å²) in [4.78, 5) is 26.2. The number of nitro groups is 1. The summed E-state index contributed by atoms with van der Waals surface area (Å²) in [5.74, 6) is 0.300. The minimum atomic E-state index is -2.00. The molecule has 2 N–H and O–H groups in total. The third kappa shape index (κ3) is 4.73. The number of nitrogens with one attached hydrogen (secondary N) is 2. The Balaban J connectivity index is 2.00. The van der Waals surface area contributed by atoms with E-state index in [4.69, 9.17) is 23.4 Å². The van der Waals surface area contributed by atoms with Gasteiger partial charge in [0.1, 0.15) is 9.85 Å². The molecule has 2 aromatic heterocycles. The lowest BCUT2D eigenvalue weighted by molar-refractivity contribution is -0.286. The van der Waals surface area contributed by atoms with Gasteiger partial charge in [0, 0.05) is 11.8 Å². The molecular formula is C12H7BrCl2FN7O2S2. The summed E-state index contributed by atoms with van der Waals surface area (Å²) in [7, 11) is 0. The number of para-hydroxylation sites is 1. The second-order valence-electron chi connectivity index (χ2n) is 4.72. The third-order valence-corrected chi connectivity index (χ3v) is 7.00. The highest BCUT2D eigenvalue weighted by atomic mass is 79.9. The summed E-state index contributed by atoms with van der Waals surface area (Å²) in [6.07, 6.45) is 1.40. The maximum Gasteiger partial charge on any atom is 0.289 e. The van der Waals surface area contributed by atoms with Gasteiger partial charge < -0.3 is 10.3 Å². The van der Waals surface area contributed by atoms with Gasteiger partial charge in [-0.2, -0.15) is 0 Å². The first-order valence-corrected chi connectivity index (χ1v) is 9.94. The summed E-state index contributed by atoms with van der Waals surface area (Å²) in [6.45, 7) is 0. The Morgan fingerprint density at radius 2 is 2.15 bits per heavy atom. The van der Waals surface area contributed by atoms with Crippen LogP contribution >= 0.6 is 63.0 Å². The topological polar surface area (TPSA) is 113 Å². The van der Waals surface area contributed by atoms with Crippen molar-refractivity contribution in [3.05, 3.63) is 45.7 Å². The summed E-state index contributed by atoms with van der Waals surface area (Å²) in [5, 5.41) is 14.3. The number of H-pyrrole nitrogens is 1. The van der Waals surface area contributed by atoms with Gasteiger partial charge in [0.2, 0.25) is 0 Å². The fraction of sp³-hybridized carbons (Fsp3) is 0.0833. The molecule has 3 aromatic rings. The number of nitrogens with zero attached hydrogens (tertiary/aromatic N) is 5. The lowest BCUT2D eigenvalue weighted by Crippen LogP contribution is -2.26. The Labute approximate surface area is 177 Å². The van der Waals surface area contributed by atoms with Crippen LogP contribution in [0.2, 0.25) is 5.02 Å². The lowest BCUT2D eigenvalue weighted by atomic mass is 10.3. The lowest BCUT2D eigenvalue weighted by Gasteiger charge is -2.20. The standard InChI is InChI=1S/C12H7BrCl2FN7O2S2/c13-12(22(15)16,27-23(24)25)26-11-20-9-8(17-5-18-9)10(21-11)19-7-4-2-1-3-6(7)14/h1-5H,(H2,17,18,19,20,21). The Bertz CT molecular complexity index is 997. The number of hydrogen-bond donors (Lipinski definition) is 2. The number of hydrogen-bond acceptors (Lipinski definition) is 9. The predicted molar refractivity (Wildman–Crippen MR) is 107 cm³/mol. The number of fused-ring (bicyclic) bond motifs is 1. The molecule has 3 rings (SSSR count). The third-order valence-electron chi connectivity index (χ3n) is 3.00. The maximum absolute atomic E-state index is 13.6. The number of thioether (sulfide) groups is 1. The second-order valence-corrected chi connectivity index (χ2v) is 10.1. The van der Waals surface area contributed by atoms with E-state index in [2.05, 4.69) is 41.2 Å². The van der Waals surface area contributed by atoms with E-state index in [1.54, 1.807) is 24.3 Å². The minimum Gasteiger partial charge on any atom is -0.340 e. The molecule has 0 amide bonds. The molecule has 0 spiro atoms. The van der Waals surface area contributed by atoms with Crippen molar-refractivity contribution in [2.45, 2.75) is 8.27 Å². The van der Waals surface area contributed by atoms with Crippen LogP contribution in [0.4, 0.5) is 16.0 Å². The molecule has 0 radical (unpaired) electrons. The van der Waals surface area contributed by atoms with E-state index < -0.39 is 7.44 Å². The highest BCUT2D eigenvalue weighted by Crippen LogP contribution is 2.50. The first-order chi connectivity index (χ1) is 12.8. The zero-order valence-electron chi connectivity index (χ0n) is 12.8. The first kappa shape index (κ1) is 20.4. The average molecular weight is 515 g/mol. The van der Waals surface area contributed by atoms with Crippen LogP contribution < -0.4 is 5.32 Å². The molecule has 2 heterocycles. The molecule has 27 heavy (non-hydrogen) atoms. The van der Waals surface area contributed by atoms with E-state index in [0.717, 1.165) is 0 Å². The molecule has 1 unspecified atom stereocenters. The van der Waals surface area contributed by atoms with Crippen LogP contribution in [0.1, 0.15) is 0 Å². The normalized spacial score (nSPS) is 13.7. The summed E-state index contributed by atoms with van der Waals surface area (Å²) in [6, 6.07) is 6.97. The van der Waals surface area contributed by atoms with Crippen molar-refractivity contribution in [3.8, 4) is 0 Å². The number of imidazole rings is 1. The van der Waals surface area contributed by atoms with Gasteiger partial charge >= 0.3 is 0 Å². The first-order valence-electron chi connectivity index (χ1n) is 6.84. The zero-order chi connectivity index (χ0) is 19.6. The molecule has 15 heteroatoms. The number of aromatic nitrogens is 4. The van der Waals surface area contributed by atoms with E-state index in [0.29, 0.717) is 33.8 Å². The Kier molecular flexibility index (Phi) is 6.28.